The zero-order valence-corrected chi connectivity index (χ0v) is 16.5. The van der Waals surface area contributed by atoms with Gasteiger partial charge in [-0.15, -0.1) is 0 Å². The summed E-state index contributed by atoms with van der Waals surface area (Å²) in [5.41, 5.74) is 5.80. The maximum atomic E-state index is 13.5. The molecule has 9 heteroatoms. The van der Waals surface area contributed by atoms with E-state index >= 15 is 0 Å². The number of anilines is 2. The summed E-state index contributed by atoms with van der Waals surface area (Å²) in [6.07, 6.45) is 1.23. The van der Waals surface area contributed by atoms with Gasteiger partial charge in [0.05, 0.1) is 16.7 Å². The highest BCUT2D eigenvalue weighted by Crippen LogP contribution is 2.32. The zero-order valence-electron chi connectivity index (χ0n) is 20.5. The molecule has 1 aromatic carbocycles. The molecule has 2 N–H and O–H groups in total. The first-order valence-corrected chi connectivity index (χ1v) is 9.05. The number of amides is 2. The molecule has 1 aliphatic rings. The van der Waals surface area contributed by atoms with Crippen molar-refractivity contribution >= 4 is 28.8 Å². The third-order valence-corrected chi connectivity index (χ3v) is 4.98. The Bertz CT molecular complexity index is 1390. The number of carbonyl (C=O) groups excluding carboxylic acids is 2. The van der Waals surface area contributed by atoms with Crippen LogP contribution in [0.15, 0.2) is 36.7 Å². The molecular formula is C21H21N7O2. The molecule has 4 rings (SSSR count). The molecule has 0 radical (unpaired) electrons. The normalized spacial score (nSPS) is 21.3. The number of nitrogens with two attached hydrogens (primary N) is 1. The van der Waals surface area contributed by atoms with Crippen LogP contribution in [0.5, 0.6) is 0 Å². The van der Waals surface area contributed by atoms with Crippen LogP contribution in [0.4, 0.5) is 11.5 Å². The average molecular weight is 407 g/mol. The number of fused-ring (bicyclic) bond motifs is 1. The van der Waals surface area contributed by atoms with E-state index in [1.54, 1.807) is 18.2 Å². The molecule has 152 valence electrons. The molecule has 3 aromatic rings. The van der Waals surface area contributed by atoms with Gasteiger partial charge in [0.25, 0.3) is 5.91 Å². The number of nitrogens with zero attached hydrogens (tertiary/aromatic N) is 6. The van der Waals surface area contributed by atoms with E-state index in [1.165, 1.54) is 36.8 Å². The number of hydrogen-bond acceptors (Lipinski definition) is 6. The van der Waals surface area contributed by atoms with Crippen molar-refractivity contribution in [3.63, 3.8) is 0 Å². The molecule has 1 saturated heterocycles. The second kappa shape index (κ2) is 6.84. The number of nitriles is 1. The summed E-state index contributed by atoms with van der Waals surface area (Å²) in [6, 6.07) is 9.81. The Labute approximate surface area is 178 Å². The first-order chi connectivity index (χ1) is 15.8. The van der Waals surface area contributed by atoms with E-state index in [0.29, 0.717) is 21.7 Å². The Kier molecular flexibility index (Phi) is 3.42. The van der Waals surface area contributed by atoms with Crippen molar-refractivity contribution in [2.45, 2.75) is 26.3 Å². The van der Waals surface area contributed by atoms with Gasteiger partial charge in [-0.05, 0) is 32.0 Å². The molecule has 1 aliphatic heterocycles. The van der Waals surface area contributed by atoms with E-state index in [0.717, 1.165) is 11.8 Å². The summed E-state index contributed by atoms with van der Waals surface area (Å²) in [7, 11) is 0. The average Bonchev–Trinajstić information content (AvgIpc) is 3.12. The maximum absolute atomic E-state index is 13.5. The number of piperazine rings is 1. The molecule has 30 heavy (non-hydrogen) atoms. The summed E-state index contributed by atoms with van der Waals surface area (Å²) in [5.74, 6) is -1.44. The summed E-state index contributed by atoms with van der Waals surface area (Å²) in [5, 5.41) is 13.7. The van der Waals surface area contributed by atoms with E-state index in [4.69, 9.17) is 11.2 Å². The van der Waals surface area contributed by atoms with E-state index < -0.39 is 30.3 Å². The van der Waals surface area contributed by atoms with Crippen molar-refractivity contribution in [3.8, 4) is 17.3 Å². The second-order valence-electron chi connectivity index (χ2n) is 7.29. The van der Waals surface area contributed by atoms with Gasteiger partial charge in [-0.1, -0.05) is 12.1 Å². The minimum Gasteiger partial charge on any atom is -0.382 e. The van der Waals surface area contributed by atoms with Gasteiger partial charge in [-0.3, -0.25) is 9.59 Å². The molecule has 0 unspecified atom stereocenters. The minimum absolute atomic E-state index is 0.0723. The number of nitrogen functional groups attached to an aromatic ring is 1. The lowest BCUT2D eigenvalue weighted by atomic mass is 9.96. The Hall–Kier alpha value is -3.93. The monoisotopic (exact) mass is 407 g/mol. The van der Waals surface area contributed by atoms with E-state index in [-0.39, 0.29) is 17.1 Å². The van der Waals surface area contributed by atoms with Crippen molar-refractivity contribution in [1.82, 2.24) is 19.5 Å². The molecule has 0 saturated carbocycles. The Morgan fingerprint density at radius 1 is 1.33 bits per heavy atom. The molecular weight excluding hydrogens is 382 g/mol. The molecule has 0 atom stereocenters. The van der Waals surface area contributed by atoms with Crippen LogP contribution >= 0.6 is 0 Å². The van der Waals surface area contributed by atoms with Gasteiger partial charge in [0.1, 0.15) is 23.5 Å². The van der Waals surface area contributed by atoms with Gasteiger partial charge >= 0.3 is 0 Å². The number of carbonyl (C=O) groups is 2. The van der Waals surface area contributed by atoms with Crippen LogP contribution in [0, 0.1) is 11.3 Å². The van der Waals surface area contributed by atoms with E-state index in [9.17, 15) is 14.9 Å². The SMILES string of the molecule is [2H]C1([2H])N(c2cccc(-c3cc(C#N)c4c(N)ncnn34)c2)C(=O)C(C)(C)N(C(C)=O)C1([2H])[2H]. The van der Waals surface area contributed by atoms with Crippen molar-refractivity contribution in [3.05, 3.63) is 42.2 Å². The van der Waals surface area contributed by atoms with Gasteiger partial charge in [0.15, 0.2) is 5.82 Å². The third kappa shape index (κ3) is 2.85. The van der Waals surface area contributed by atoms with Crippen molar-refractivity contribution in [1.29, 1.82) is 5.26 Å². The Morgan fingerprint density at radius 2 is 2.10 bits per heavy atom. The highest BCUT2D eigenvalue weighted by molar-refractivity contribution is 6.03. The lowest BCUT2D eigenvalue weighted by molar-refractivity contribution is -0.145. The highest BCUT2D eigenvalue weighted by atomic mass is 16.2. The van der Waals surface area contributed by atoms with Crippen LogP contribution in [0.25, 0.3) is 16.8 Å². The van der Waals surface area contributed by atoms with Crippen LogP contribution in [0.1, 0.15) is 31.8 Å². The molecule has 0 spiro atoms. The fourth-order valence-electron chi connectivity index (χ4n) is 3.48. The van der Waals surface area contributed by atoms with Gasteiger partial charge in [0, 0.05) is 31.2 Å². The van der Waals surface area contributed by atoms with Crippen LogP contribution in [0.3, 0.4) is 0 Å². The summed E-state index contributed by atoms with van der Waals surface area (Å²) >= 11 is 0. The van der Waals surface area contributed by atoms with Gasteiger partial charge in [-0.2, -0.15) is 10.4 Å². The first-order valence-electron chi connectivity index (χ1n) is 11.0. The molecule has 0 aliphatic carbocycles. The standard InChI is InChI=1S/C21H21N7O2/c1-13(29)27-8-7-26(20(30)21(27,2)3)16-6-4-5-14(9-16)17-10-15(11-22)18-19(23)24-12-25-28(17)18/h4-6,9-10,12H,7-8H2,1-3H3,(H2,23,24,25)/i7D2,8D2. The van der Waals surface area contributed by atoms with Crippen LogP contribution in [-0.2, 0) is 9.59 Å². The maximum Gasteiger partial charge on any atom is 0.252 e. The van der Waals surface area contributed by atoms with Gasteiger partial charge in [0.2, 0.25) is 5.91 Å². The van der Waals surface area contributed by atoms with Crippen LogP contribution in [-0.4, -0.2) is 49.8 Å². The quantitative estimate of drug-likeness (QED) is 0.692. The number of benzene rings is 1. The summed E-state index contributed by atoms with van der Waals surface area (Å²) < 4.78 is 35.4. The Balaban J connectivity index is 1.91. The minimum atomic E-state index is -2.89. The molecule has 2 aromatic heterocycles. The second-order valence-corrected chi connectivity index (χ2v) is 7.29. The van der Waals surface area contributed by atoms with Crippen molar-refractivity contribution in [2.75, 3.05) is 23.6 Å². The van der Waals surface area contributed by atoms with Crippen LogP contribution in [0.2, 0.25) is 0 Å². The smallest absolute Gasteiger partial charge is 0.252 e. The number of aromatic nitrogens is 3. The zero-order chi connectivity index (χ0) is 25.2. The number of rotatable bonds is 2. The third-order valence-electron chi connectivity index (χ3n) is 4.98. The van der Waals surface area contributed by atoms with E-state index in [1.807, 2.05) is 6.07 Å². The predicted molar refractivity (Wildman–Crippen MR) is 111 cm³/mol. The molecule has 2 amide bonds. The van der Waals surface area contributed by atoms with E-state index in [2.05, 4.69) is 10.1 Å². The number of hydrogen-bond donors (Lipinski definition) is 1. The summed E-state index contributed by atoms with van der Waals surface area (Å²) in [6.45, 7) is -1.88. The fraction of sp³-hybridized carbons (Fsp3) is 0.286. The fourth-order valence-corrected chi connectivity index (χ4v) is 3.48. The molecule has 0 bridgehead atoms. The van der Waals surface area contributed by atoms with Crippen molar-refractivity contribution in [2.24, 2.45) is 0 Å². The lowest BCUT2D eigenvalue weighted by Crippen LogP contribution is -2.64. The first kappa shape index (κ1) is 15.0. The van der Waals surface area contributed by atoms with Gasteiger partial charge in [-0.25, -0.2) is 9.50 Å². The summed E-state index contributed by atoms with van der Waals surface area (Å²) in [4.78, 5) is 31.0. The molecule has 1 fully saturated rings. The van der Waals surface area contributed by atoms with Crippen molar-refractivity contribution < 1.29 is 15.1 Å². The predicted octanol–water partition coefficient (Wildman–Crippen LogP) is 1.82. The van der Waals surface area contributed by atoms with Crippen LogP contribution < -0.4 is 10.6 Å². The Morgan fingerprint density at radius 3 is 2.80 bits per heavy atom. The topological polar surface area (TPSA) is 121 Å². The van der Waals surface area contributed by atoms with Gasteiger partial charge < -0.3 is 15.5 Å². The highest BCUT2D eigenvalue weighted by Gasteiger charge is 2.43. The molecule has 3 heterocycles. The molecule has 9 nitrogen and oxygen atoms in total. The lowest BCUT2D eigenvalue weighted by Gasteiger charge is -2.45. The largest absolute Gasteiger partial charge is 0.382 e.